The number of thioether (sulfide) groups is 1. The molecule has 24 heavy (non-hydrogen) atoms. The molecule has 0 spiro atoms. The molecule has 1 aromatic heterocycles. The van der Waals surface area contributed by atoms with Crippen LogP contribution in [0.5, 0.6) is 5.75 Å². The minimum absolute atomic E-state index is 0.0559. The van der Waals surface area contributed by atoms with E-state index in [0.29, 0.717) is 11.5 Å². The number of nitrogens with one attached hydrogen (secondary N) is 1. The highest BCUT2D eigenvalue weighted by Gasteiger charge is 2.13. The fraction of sp³-hybridized carbons (Fsp3) is 0.118. The van der Waals surface area contributed by atoms with Crippen molar-refractivity contribution in [2.75, 3.05) is 18.7 Å². The lowest BCUT2D eigenvalue weighted by Crippen LogP contribution is -2.12. The van der Waals surface area contributed by atoms with Gasteiger partial charge in [-0.25, -0.2) is 0 Å². The molecule has 3 aromatic rings. The molecule has 122 valence electrons. The first-order valence-corrected chi connectivity index (χ1v) is 8.35. The van der Waals surface area contributed by atoms with Crippen LogP contribution in [0, 0.1) is 0 Å². The number of aromatic nitrogens is 2. The highest BCUT2D eigenvalue weighted by molar-refractivity contribution is 7.98. The summed E-state index contributed by atoms with van der Waals surface area (Å²) < 4.78 is 10.6. The van der Waals surface area contributed by atoms with Crippen molar-refractivity contribution < 1.29 is 13.9 Å². The van der Waals surface area contributed by atoms with E-state index in [1.807, 2.05) is 18.4 Å². The summed E-state index contributed by atoms with van der Waals surface area (Å²) in [6, 6.07) is 14.6. The van der Waals surface area contributed by atoms with Gasteiger partial charge in [0.1, 0.15) is 5.75 Å². The first-order chi connectivity index (χ1) is 11.7. The van der Waals surface area contributed by atoms with Gasteiger partial charge in [0.2, 0.25) is 5.89 Å². The van der Waals surface area contributed by atoms with E-state index in [2.05, 4.69) is 15.5 Å². The van der Waals surface area contributed by atoms with Crippen molar-refractivity contribution in [3.05, 3.63) is 54.1 Å². The molecule has 0 aliphatic rings. The maximum absolute atomic E-state index is 12.2. The minimum Gasteiger partial charge on any atom is -0.497 e. The lowest BCUT2D eigenvalue weighted by Gasteiger charge is -2.02. The summed E-state index contributed by atoms with van der Waals surface area (Å²) in [5, 5.41) is 10.4. The molecule has 0 saturated heterocycles. The van der Waals surface area contributed by atoms with Crippen LogP contribution in [-0.2, 0) is 0 Å². The van der Waals surface area contributed by atoms with Crippen LogP contribution in [0.2, 0.25) is 0 Å². The molecule has 1 amide bonds. The zero-order valence-electron chi connectivity index (χ0n) is 13.1. The van der Waals surface area contributed by atoms with Crippen LogP contribution >= 0.6 is 11.8 Å². The highest BCUT2D eigenvalue weighted by atomic mass is 32.2. The summed E-state index contributed by atoms with van der Waals surface area (Å²) in [5.41, 5.74) is 1.28. The number of methoxy groups -OCH3 is 1. The Bertz CT molecular complexity index is 846. The number of anilines is 1. The smallest absolute Gasteiger partial charge is 0.322 e. The number of rotatable bonds is 5. The Morgan fingerprint density at radius 2 is 1.96 bits per heavy atom. The van der Waals surface area contributed by atoms with Crippen molar-refractivity contribution >= 4 is 23.7 Å². The summed E-state index contributed by atoms with van der Waals surface area (Å²) >= 11 is 1.57. The fourth-order valence-electron chi connectivity index (χ4n) is 2.06. The van der Waals surface area contributed by atoms with Gasteiger partial charge in [-0.2, -0.15) is 0 Å². The van der Waals surface area contributed by atoms with Crippen LogP contribution in [0.3, 0.4) is 0 Å². The van der Waals surface area contributed by atoms with Crippen molar-refractivity contribution in [1.82, 2.24) is 10.2 Å². The van der Waals surface area contributed by atoms with Crippen molar-refractivity contribution in [3.63, 3.8) is 0 Å². The molecule has 0 atom stereocenters. The van der Waals surface area contributed by atoms with Crippen LogP contribution in [0.25, 0.3) is 11.5 Å². The van der Waals surface area contributed by atoms with Crippen molar-refractivity contribution in [2.24, 2.45) is 0 Å². The van der Waals surface area contributed by atoms with E-state index in [0.717, 1.165) is 16.2 Å². The van der Waals surface area contributed by atoms with Crippen molar-refractivity contribution in [3.8, 4) is 17.2 Å². The number of hydrogen-bond acceptors (Lipinski definition) is 6. The Morgan fingerprint density at radius 3 is 2.67 bits per heavy atom. The van der Waals surface area contributed by atoms with Gasteiger partial charge >= 0.3 is 6.01 Å². The number of carbonyl (C=O) groups excluding carboxylic acids is 1. The number of amides is 1. The van der Waals surface area contributed by atoms with Crippen LogP contribution < -0.4 is 10.1 Å². The molecule has 0 aliphatic carbocycles. The van der Waals surface area contributed by atoms with Gasteiger partial charge in [-0.3, -0.25) is 10.1 Å². The van der Waals surface area contributed by atoms with Gasteiger partial charge in [-0.05, 0) is 48.7 Å². The van der Waals surface area contributed by atoms with Gasteiger partial charge in [0.15, 0.2) is 0 Å². The third-order valence-corrected chi connectivity index (χ3v) is 4.04. The quantitative estimate of drug-likeness (QED) is 0.713. The van der Waals surface area contributed by atoms with E-state index in [9.17, 15) is 4.79 Å². The van der Waals surface area contributed by atoms with Gasteiger partial charge in [0.25, 0.3) is 5.91 Å². The average Bonchev–Trinajstić information content (AvgIpc) is 3.10. The Morgan fingerprint density at radius 1 is 1.17 bits per heavy atom. The third kappa shape index (κ3) is 3.57. The van der Waals surface area contributed by atoms with E-state index >= 15 is 0 Å². The standard InChI is InChI=1S/C17H15N3O3S/c1-22-13-8-6-11(7-9-13)16-19-20-17(23-16)18-15(21)12-4-3-5-14(10-12)24-2/h3-10H,1-2H3,(H,18,20,21). The second-order valence-corrected chi connectivity index (χ2v) is 5.71. The van der Waals surface area contributed by atoms with Gasteiger partial charge < -0.3 is 9.15 Å². The maximum atomic E-state index is 12.2. The molecule has 3 rings (SSSR count). The van der Waals surface area contributed by atoms with Crippen LogP contribution in [0.4, 0.5) is 6.01 Å². The predicted molar refractivity (Wildman–Crippen MR) is 92.5 cm³/mol. The van der Waals surface area contributed by atoms with Gasteiger partial charge in [0.05, 0.1) is 7.11 Å². The lowest BCUT2D eigenvalue weighted by molar-refractivity contribution is 0.102. The molecule has 1 heterocycles. The molecule has 0 radical (unpaired) electrons. The summed E-state index contributed by atoms with van der Waals surface area (Å²) in [7, 11) is 1.60. The molecule has 6 nitrogen and oxygen atoms in total. The molecular formula is C17H15N3O3S. The highest BCUT2D eigenvalue weighted by Crippen LogP contribution is 2.23. The zero-order chi connectivity index (χ0) is 16.9. The van der Waals surface area contributed by atoms with E-state index in [1.54, 1.807) is 55.3 Å². The number of hydrogen-bond donors (Lipinski definition) is 1. The molecule has 0 aliphatic heterocycles. The number of nitrogens with zero attached hydrogens (tertiary/aromatic N) is 2. The van der Waals surface area contributed by atoms with Gasteiger partial charge in [-0.1, -0.05) is 11.2 Å². The molecule has 0 saturated carbocycles. The molecule has 0 bridgehead atoms. The lowest BCUT2D eigenvalue weighted by atomic mass is 10.2. The SMILES string of the molecule is COc1ccc(-c2nnc(NC(=O)c3cccc(SC)c3)o2)cc1. The zero-order valence-corrected chi connectivity index (χ0v) is 14.0. The maximum Gasteiger partial charge on any atom is 0.322 e. The molecular weight excluding hydrogens is 326 g/mol. The van der Waals surface area contributed by atoms with E-state index in [-0.39, 0.29) is 11.9 Å². The average molecular weight is 341 g/mol. The summed E-state index contributed by atoms with van der Waals surface area (Å²) in [4.78, 5) is 13.3. The van der Waals surface area contributed by atoms with E-state index in [4.69, 9.17) is 9.15 Å². The second kappa shape index (κ2) is 7.18. The van der Waals surface area contributed by atoms with Crippen molar-refractivity contribution in [2.45, 2.75) is 4.90 Å². The fourth-order valence-corrected chi connectivity index (χ4v) is 2.52. The Kier molecular flexibility index (Phi) is 4.81. The largest absolute Gasteiger partial charge is 0.497 e. The van der Waals surface area contributed by atoms with Crippen LogP contribution in [0.1, 0.15) is 10.4 Å². The van der Waals surface area contributed by atoms with E-state index < -0.39 is 0 Å². The Balaban J connectivity index is 1.74. The number of benzene rings is 2. The first-order valence-electron chi connectivity index (χ1n) is 7.13. The Hall–Kier alpha value is -2.80. The van der Waals surface area contributed by atoms with E-state index in [1.165, 1.54) is 0 Å². The summed E-state index contributed by atoms with van der Waals surface area (Å²) in [6.45, 7) is 0. The molecule has 0 unspecified atom stereocenters. The van der Waals surface area contributed by atoms with Crippen LogP contribution in [0.15, 0.2) is 57.8 Å². The second-order valence-electron chi connectivity index (χ2n) is 4.83. The third-order valence-electron chi connectivity index (χ3n) is 3.31. The topological polar surface area (TPSA) is 77.3 Å². The molecule has 7 heteroatoms. The molecule has 2 aromatic carbocycles. The van der Waals surface area contributed by atoms with Crippen LogP contribution in [-0.4, -0.2) is 29.5 Å². The van der Waals surface area contributed by atoms with Crippen molar-refractivity contribution in [1.29, 1.82) is 0 Å². The summed E-state index contributed by atoms with van der Waals surface area (Å²) in [6.07, 6.45) is 1.95. The Labute approximate surface area is 143 Å². The number of ether oxygens (including phenoxy) is 1. The molecule has 1 N–H and O–H groups in total. The number of carbonyl (C=O) groups is 1. The monoisotopic (exact) mass is 341 g/mol. The summed E-state index contributed by atoms with van der Waals surface area (Å²) in [5.74, 6) is 0.766. The predicted octanol–water partition coefficient (Wildman–Crippen LogP) is 3.72. The van der Waals surface area contributed by atoms with Gasteiger partial charge in [-0.15, -0.1) is 16.9 Å². The normalized spacial score (nSPS) is 10.4. The minimum atomic E-state index is -0.296. The first kappa shape index (κ1) is 16.1. The van der Waals surface area contributed by atoms with Gasteiger partial charge in [0, 0.05) is 16.0 Å². The molecule has 0 fully saturated rings.